The number of methoxy groups -OCH3 is 1. The van der Waals surface area contributed by atoms with Crippen LogP contribution in [0.1, 0.15) is 49.9 Å². The molecule has 1 aliphatic carbocycles. The fraction of sp³-hybridized carbons (Fsp3) is 0.478. The standard InChI is InChI=1S/C23H30N2O3/c1-15(11-12-22(24)26)20-13-16(2)25(21-10-5-4-9-19(20)21)23(27)17-7-6-8-18(14-17)28-3/h4-8,10,14-16,19-20H,9,11-13H2,1-3H3,(H2,24,26). The van der Waals surface area contributed by atoms with Gasteiger partial charge in [-0.15, -0.1) is 0 Å². The van der Waals surface area contributed by atoms with E-state index in [-0.39, 0.29) is 17.9 Å². The quantitative estimate of drug-likeness (QED) is 0.811. The lowest BCUT2D eigenvalue weighted by Crippen LogP contribution is -2.49. The molecule has 0 radical (unpaired) electrons. The van der Waals surface area contributed by atoms with Gasteiger partial charge in [-0.2, -0.15) is 0 Å². The van der Waals surface area contributed by atoms with Crippen LogP contribution in [-0.2, 0) is 4.79 Å². The Morgan fingerprint density at radius 3 is 2.86 bits per heavy atom. The highest BCUT2D eigenvalue weighted by Crippen LogP contribution is 2.44. The van der Waals surface area contributed by atoms with Crippen molar-refractivity contribution in [2.75, 3.05) is 7.11 Å². The van der Waals surface area contributed by atoms with E-state index in [2.05, 4.69) is 26.0 Å². The molecule has 4 atom stereocenters. The molecule has 4 unspecified atom stereocenters. The lowest BCUT2D eigenvalue weighted by Gasteiger charge is -2.47. The first-order chi connectivity index (χ1) is 13.4. The van der Waals surface area contributed by atoms with E-state index in [0.717, 1.165) is 25.0 Å². The van der Waals surface area contributed by atoms with Crippen LogP contribution >= 0.6 is 0 Å². The molecule has 1 aromatic carbocycles. The Kier molecular flexibility index (Phi) is 6.22. The third kappa shape index (κ3) is 4.13. The summed E-state index contributed by atoms with van der Waals surface area (Å²) < 4.78 is 5.29. The normalized spacial score (nSPS) is 24.9. The Labute approximate surface area is 167 Å². The fourth-order valence-corrected chi connectivity index (χ4v) is 4.63. The molecule has 5 nitrogen and oxygen atoms in total. The number of nitrogens with zero attached hydrogens (tertiary/aromatic N) is 1. The minimum atomic E-state index is -0.246. The molecular weight excluding hydrogens is 352 g/mol. The van der Waals surface area contributed by atoms with E-state index in [1.54, 1.807) is 13.2 Å². The number of rotatable bonds is 6. The number of amides is 2. The molecule has 5 heteroatoms. The van der Waals surface area contributed by atoms with E-state index in [4.69, 9.17) is 10.5 Å². The van der Waals surface area contributed by atoms with Crippen molar-refractivity contribution in [3.63, 3.8) is 0 Å². The van der Waals surface area contributed by atoms with Gasteiger partial charge in [-0.25, -0.2) is 0 Å². The van der Waals surface area contributed by atoms with Crippen LogP contribution in [0.2, 0.25) is 0 Å². The second-order valence-electron chi connectivity index (χ2n) is 8.00. The highest BCUT2D eigenvalue weighted by atomic mass is 16.5. The molecule has 28 heavy (non-hydrogen) atoms. The summed E-state index contributed by atoms with van der Waals surface area (Å²) in [5.41, 5.74) is 7.08. The molecule has 0 saturated carbocycles. The van der Waals surface area contributed by atoms with E-state index >= 15 is 0 Å². The number of benzene rings is 1. The maximum atomic E-state index is 13.4. The highest BCUT2D eigenvalue weighted by Gasteiger charge is 2.42. The van der Waals surface area contributed by atoms with Gasteiger partial charge in [0.25, 0.3) is 5.91 Å². The van der Waals surface area contributed by atoms with Gasteiger partial charge in [0.05, 0.1) is 7.11 Å². The molecule has 2 amide bonds. The first kappa shape index (κ1) is 20.2. The van der Waals surface area contributed by atoms with Gasteiger partial charge < -0.3 is 15.4 Å². The molecule has 0 spiro atoms. The summed E-state index contributed by atoms with van der Waals surface area (Å²) in [6.45, 7) is 4.32. The van der Waals surface area contributed by atoms with Crippen LogP contribution in [0, 0.1) is 17.8 Å². The summed E-state index contributed by atoms with van der Waals surface area (Å²) in [7, 11) is 1.61. The van der Waals surface area contributed by atoms with Crippen molar-refractivity contribution < 1.29 is 14.3 Å². The summed E-state index contributed by atoms with van der Waals surface area (Å²) in [6.07, 6.45) is 9.35. The van der Waals surface area contributed by atoms with Crippen LogP contribution in [0.15, 0.2) is 48.2 Å². The Balaban J connectivity index is 1.86. The van der Waals surface area contributed by atoms with Crippen molar-refractivity contribution in [3.8, 4) is 5.75 Å². The number of piperidine rings is 1. The monoisotopic (exact) mass is 382 g/mol. The highest BCUT2D eigenvalue weighted by molar-refractivity contribution is 5.96. The van der Waals surface area contributed by atoms with Gasteiger partial charge >= 0.3 is 0 Å². The van der Waals surface area contributed by atoms with E-state index in [1.165, 1.54) is 0 Å². The number of ether oxygens (including phenoxy) is 1. The van der Waals surface area contributed by atoms with Crippen LogP contribution in [0.5, 0.6) is 5.75 Å². The summed E-state index contributed by atoms with van der Waals surface area (Å²) in [5.74, 6) is 1.55. The molecule has 2 aliphatic rings. The summed E-state index contributed by atoms with van der Waals surface area (Å²) in [5, 5.41) is 0. The molecule has 1 aliphatic heterocycles. The number of carbonyl (C=O) groups excluding carboxylic acids is 2. The van der Waals surface area contributed by atoms with Gasteiger partial charge in [0.15, 0.2) is 0 Å². The first-order valence-electron chi connectivity index (χ1n) is 10.0. The maximum absolute atomic E-state index is 13.4. The van der Waals surface area contributed by atoms with Crippen LogP contribution in [-0.4, -0.2) is 29.9 Å². The van der Waals surface area contributed by atoms with Crippen molar-refractivity contribution >= 4 is 11.8 Å². The van der Waals surface area contributed by atoms with Crippen LogP contribution < -0.4 is 10.5 Å². The van der Waals surface area contributed by atoms with Gasteiger partial charge in [0, 0.05) is 29.6 Å². The molecule has 150 valence electrons. The summed E-state index contributed by atoms with van der Waals surface area (Å²) in [6, 6.07) is 7.42. The van der Waals surface area contributed by atoms with Gasteiger partial charge in [0.1, 0.15) is 5.75 Å². The summed E-state index contributed by atoms with van der Waals surface area (Å²) in [4.78, 5) is 26.5. The first-order valence-corrected chi connectivity index (χ1v) is 10.0. The molecular formula is C23H30N2O3. The SMILES string of the molecule is COc1cccc(C(=O)N2C3=CC=CCC3C(C(C)CCC(N)=O)CC2C)c1. The number of allylic oxidation sites excluding steroid dienone is 4. The second-order valence-corrected chi connectivity index (χ2v) is 8.00. The van der Waals surface area contributed by atoms with Crippen LogP contribution in [0.3, 0.4) is 0 Å². The number of nitrogens with two attached hydrogens (primary N) is 1. The van der Waals surface area contributed by atoms with Gasteiger partial charge in [-0.3, -0.25) is 9.59 Å². The molecule has 1 aromatic rings. The van der Waals surface area contributed by atoms with Crippen molar-refractivity contribution in [2.24, 2.45) is 23.5 Å². The van der Waals surface area contributed by atoms with Crippen LogP contribution in [0.4, 0.5) is 0 Å². The lowest BCUT2D eigenvalue weighted by atomic mass is 9.69. The molecule has 1 heterocycles. The van der Waals surface area contributed by atoms with Crippen molar-refractivity contribution in [3.05, 3.63) is 53.8 Å². The largest absolute Gasteiger partial charge is 0.497 e. The number of hydrogen-bond donors (Lipinski definition) is 1. The average Bonchev–Trinajstić information content (AvgIpc) is 2.71. The van der Waals surface area contributed by atoms with Crippen molar-refractivity contribution in [1.82, 2.24) is 4.90 Å². The van der Waals surface area contributed by atoms with E-state index < -0.39 is 0 Å². The van der Waals surface area contributed by atoms with Crippen LogP contribution in [0.25, 0.3) is 0 Å². The predicted molar refractivity (Wildman–Crippen MR) is 110 cm³/mol. The number of fused-ring (bicyclic) bond motifs is 1. The Morgan fingerprint density at radius 2 is 2.14 bits per heavy atom. The van der Waals surface area contributed by atoms with E-state index in [1.807, 2.05) is 29.2 Å². The van der Waals surface area contributed by atoms with E-state index in [9.17, 15) is 9.59 Å². The Morgan fingerprint density at radius 1 is 1.36 bits per heavy atom. The zero-order chi connectivity index (χ0) is 20.3. The predicted octanol–water partition coefficient (Wildman–Crippen LogP) is 3.91. The number of primary amides is 1. The third-order valence-corrected chi connectivity index (χ3v) is 6.13. The minimum Gasteiger partial charge on any atom is -0.497 e. The maximum Gasteiger partial charge on any atom is 0.258 e. The summed E-state index contributed by atoms with van der Waals surface area (Å²) >= 11 is 0. The van der Waals surface area contributed by atoms with Gasteiger partial charge in [0.2, 0.25) is 5.91 Å². The van der Waals surface area contributed by atoms with E-state index in [0.29, 0.717) is 35.5 Å². The topological polar surface area (TPSA) is 72.6 Å². The fourth-order valence-electron chi connectivity index (χ4n) is 4.63. The lowest BCUT2D eigenvalue weighted by molar-refractivity contribution is -0.118. The molecule has 0 bridgehead atoms. The molecule has 3 rings (SSSR count). The number of hydrogen-bond acceptors (Lipinski definition) is 3. The average molecular weight is 383 g/mol. The molecule has 1 saturated heterocycles. The smallest absolute Gasteiger partial charge is 0.258 e. The molecule has 2 N–H and O–H groups in total. The number of carbonyl (C=O) groups is 2. The zero-order valence-corrected chi connectivity index (χ0v) is 16.9. The molecule has 1 fully saturated rings. The van der Waals surface area contributed by atoms with Gasteiger partial charge in [-0.1, -0.05) is 25.1 Å². The Hall–Kier alpha value is -2.56. The Bertz CT molecular complexity index is 799. The minimum absolute atomic E-state index is 0.0150. The van der Waals surface area contributed by atoms with Crippen molar-refractivity contribution in [2.45, 2.75) is 45.6 Å². The third-order valence-electron chi connectivity index (χ3n) is 6.13. The molecule has 0 aromatic heterocycles. The number of likely N-dealkylation sites (tertiary alicyclic amines) is 1. The van der Waals surface area contributed by atoms with Crippen molar-refractivity contribution in [1.29, 1.82) is 0 Å². The van der Waals surface area contributed by atoms with Gasteiger partial charge in [-0.05, 0) is 62.3 Å². The second kappa shape index (κ2) is 8.63. The zero-order valence-electron chi connectivity index (χ0n) is 16.9.